The summed E-state index contributed by atoms with van der Waals surface area (Å²) in [6.45, 7) is 3.81. The Bertz CT molecular complexity index is 522. The molecule has 0 aliphatic carbocycles. The average Bonchev–Trinajstić information content (AvgIpc) is 2.47. The van der Waals surface area contributed by atoms with Gasteiger partial charge in [0.1, 0.15) is 0 Å². The van der Waals surface area contributed by atoms with Crippen LogP contribution in [0, 0.1) is 15.9 Å². The lowest BCUT2D eigenvalue weighted by atomic mass is 10.1. The van der Waals surface area contributed by atoms with Crippen molar-refractivity contribution in [2.45, 2.75) is 25.9 Å². The van der Waals surface area contributed by atoms with Crippen LogP contribution in [0.3, 0.4) is 0 Å². The first-order valence-electron chi connectivity index (χ1n) is 6.95. The van der Waals surface area contributed by atoms with E-state index in [9.17, 15) is 14.5 Å². The molecule has 2 rings (SSSR count). The van der Waals surface area contributed by atoms with Gasteiger partial charge in [0.05, 0.1) is 29.9 Å². The first-order valence-corrected chi connectivity index (χ1v) is 6.95. The quantitative estimate of drug-likeness (QED) is 0.618. The number of benzene rings is 1. The van der Waals surface area contributed by atoms with Crippen molar-refractivity contribution in [2.75, 3.05) is 31.7 Å². The van der Waals surface area contributed by atoms with Crippen LogP contribution < -0.4 is 9.64 Å². The number of methoxy groups -OCH3 is 1. The maximum Gasteiger partial charge on any atom is 0.313 e. The predicted molar refractivity (Wildman–Crippen MR) is 76.5 cm³/mol. The van der Waals surface area contributed by atoms with E-state index in [0.717, 1.165) is 18.9 Å². The van der Waals surface area contributed by atoms with Gasteiger partial charge in [-0.15, -0.1) is 0 Å². The first kappa shape index (κ1) is 15.5. The van der Waals surface area contributed by atoms with E-state index >= 15 is 0 Å². The molecule has 0 aromatic heterocycles. The molecule has 21 heavy (non-hydrogen) atoms. The Morgan fingerprint density at radius 2 is 2.29 bits per heavy atom. The number of hydrogen-bond acceptors (Lipinski definition) is 5. The lowest BCUT2D eigenvalue weighted by molar-refractivity contribution is -0.385. The molecule has 116 valence electrons. The molecule has 0 bridgehead atoms. The largest absolute Gasteiger partial charge is 0.490 e. The Morgan fingerprint density at radius 1 is 1.52 bits per heavy atom. The molecule has 7 heteroatoms. The predicted octanol–water partition coefficient (Wildman–Crippen LogP) is 2.75. The van der Waals surface area contributed by atoms with Crippen molar-refractivity contribution in [3.8, 4) is 5.75 Å². The second-order valence-electron chi connectivity index (χ2n) is 4.90. The van der Waals surface area contributed by atoms with Crippen LogP contribution in [0.4, 0.5) is 15.8 Å². The first-order chi connectivity index (χ1) is 10.1. The Hall–Kier alpha value is -1.89. The molecule has 1 aliphatic heterocycles. The van der Waals surface area contributed by atoms with Crippen LogP contribution in [0.2, 0.25) is 0 Å². The highest BCUT2D eigenvalue weighted by Gasteiger charge is 2.26. The molecule has 1 aliphatic rings. The minimum Gasteiger partial charge on any atom is -0.490 e. The molecule has 6 nitrogen and oxygen atoms in total. The molecule has 0 radical (unpaired) electrons. The Morgan fingerprint density at radius 3 is 2.90 bits per heavy atom. The van der Waals surface area contributed by atoms with Gasteiger partial charge in [-0.2, -0.15) is 0 Å². The maximum absolute atomic E-state index is 14.2. The number of halogens is 1. The molecule has 1 atom stereocenters. The van der Waals surface area contributed by atoms with Crippen molar-refractivity contribution in [3.05, 3.63) is 28.1 Å². The van der Waals surface area contributed by atoms with E-state index in [1.807, 2.05) is 11.8 Å². The summed E-state index contributed by atoms with van der Waals surface area (Å²) in [5, 5.41) is 10.9. The van der Waals surface area contributed by atoms with Gasteiger partial charge in [-0.1, -0.05) is 0 Å². The third-order valence-electron chi connectivity index (χ3n) is 3.57. The third kappa shape index (κ3) is 3.41. The summed E-state index contributed by atoms with van der Waals surface area (Å²) in [5.74, 6) is -0.547. The van der Waals surface area contributed by atoms with E-state index in [4.69, 9.17) is 9.47 Å². The van der Waals surface area contributed by atoms with Gasteiger partial charge in [0.2, 0.25) is 0 Å². The van der Waals surface area contributed by atoms with E-state index in [2.05, 4.69) is 0 Å². The number of rotatable bonds is 5. The lowest BCUT2D eigenvalue weighted by Gasteiger charge is -2.34. The van der Waals surface area contributed by atoms with Gasteiger partial charge in [0.15, 0.2) is 11.6 Å². The molecular weight excluding hydrogens is 279 g/mol. The fraction of sp³-hybridized carbons (Fsp3) is 0.571. The molecule has 1 aromatic carbocycles. The minimum atomic E-state index is -0.648. The molecule has 0 saturated carbocycles. The molecule has 0 unspecified atom stereocenters. The van der Waals surface area contributed by atoms with E-state index in [-0.39, 0.29) is 17.5 Å². The SMILES string of the molecule is CCO[C@H]1CCCN(c2cc(OC)c([N+](=O)[O-])cc2F)C1. The van der Waals surface area contributed by atoms with Crippen molar-refractivity contribution in [1.29, 1.82) is 0 Å². The Labute approximate surface area is 122 Å². The van der Waals surface area contributed by atoms with Crippen molar-refractivity contribution >= 4 is 11.4 Å². The molecule has 1 heterocycles. The molecule has 1 fully saturated rings. The zero-order chi connectivity index (χ0) is 15.4. The van der Waals surface area contributed by atoms with E-state index < -0.39 is 10.7 Å². The number of hydrogen-bond donors (Lipinski definition) is 0. The highest BCUT2D eigenvalue weighted by molar-refractivity contribution is 5.60. The molecule has 0 spiro atoms. The topological polar surface area (TPSA) is 64.8 Å². The minimum absolute atomic E-state index is 0.0596. The van der Waals surface area contributed by atoms with E-state index in [1.54, 1.807) is 0 Å². The van der Waals surface area contributed by atoms with Gasteiger partial charge in [0, 0.05) is 25.8 Å². The summed E-state index contributed by atoms with van der Waals surface area (Å²) < 4.78 is 24.8. The van der Waals surface area contributed by atoms with E-state index in [0.29, 0.717) is 25.4 Å². The summed E-state index contributed by atoms with van der Waals surface area (Å²) in [7, 11) is 1.34. The van der Waals surface area contributed by atoms with Crippen LogP contribution in [-0.2, 0) is 4.74 Å². The van der Waals surface area contributed by atoms with Crippen LogP contribution >= 0.6 is 0 Å². The van der Waals surface area contributed by atoms with Crippen LogP contribution in [0.25, 0.3) is 0 Å². The maximum atomic E-state index is 14.2. The zero-order valence-electron chi connectivity index (χ0n) is 12.2. The van der Waals surface area contributed by atoms with Gasteiger partial charge < -0.3 is 14.4 Å². The Balaban J connectivity index is 2.28. The number of ether oxygens (including phenoxy) is 2. The summed E-state index contributed by atoms with van der Waals surface area (Å²) in [6.07, 6.45) is 1.89. The summed E-state index contributed by atoms with van der Waals surface area (Å²) in [5.41, 5.74) is -0.0426. The van der Waals surface area contributed by atoms with Gasteiger partial charge in [-0.05, 0) is 19.8 Å². The highest BCUT2D eigenvalue weighted by atomic mass is 19.1. The van der Waals surface area contributed by atoms with Gasteiger partial charge in [-0.3, -0.25) is 10.1 Å². The molecule has 1 saturated heterocycles. The summed E-state index contributed by atoms with van der Waals surface area (Å²) in [6, 6.07) is 2.31. The van der Waals surface area contributed by atoms with Crippen LogP contribution in [0.5, 0.6) is 5.75 Å². The van der Waals surface area contributed by atoms with Crippen LogP contribution in [-0.4, -0.2) is 37.8 Å². The van der Waals surface area contributed by atoms with E-state index in [1.165, 1.54) is 13.2 Å². The Kier molecular flexibility index (Phi) is 4.95. The standard InChI is InChI=1S/C14H19FN2O4/c1-3-21-10-5-4-6-16(9-10)12-8-14(20-2)13(17(18)19)7-11(12)15/h7-8,10H,3-6,9H2,1-2H3/t10-/m0/s1. The number of nitrogens with zero attached hydrogens (tertiary/aromatic N) is 2. The number of piperidine rings is 1. The summed E-state index contributed by atoms with van der Waals surface area (Å²) in [4.78, 5) is 12.1. The van der Waals surface area contributed by atoms with Gasteiger partial charge >= 0.3 is 5.69 Å². The fourth-order valence-electron chi connectivity index (χ4n) is 2.61. The third-order valence-corrected chi connectivity index (χ3v) is 3.57. The zero-order valence-corrected chi connectivity index (χ0v) is 12.2. The average molecular weight is 298 g/mol. The highest BCUT2D eigenvalue weighted by Crippen LogP contribution is 2.35. The molecule has 0 amide bonds. The smallest absolute Gasteiger partial charge is 0.313 e. The van der Waals surface area contributed by atoms with Crippen molar-refractivity contribution in [2.24, 2.45) is 0 Å². The molecular formula is C14H19FN2O4. The second kappa shape index (κ2) is 6.71. The normalized spacial score (nSPS) is 18.6. The summed E-state index contributed by atoms with van der Waals surface area (Å²) >= 11 is 0. The van der Waals surface area contributed by atoms with Crippen molar-refractivity contribution < 1.29 is 18.8 Å². The number of anilines is 1. The lowest BCUT2D eigenvalue weighted by Crippen LogP contribution is -2.40. The van der Waals surface area contributed by atoms with Gasteiger partial charge in [-0.25, -0.2) is 4.39 Å². The number of nitro benzene ring substituents is 1. The number of nitro groups is 1. The fourth-order valence-corrected chi connectivity index (χ4v) is 2.61. The monoisotopic (exact) mass is 298 g/mol. The van der Waals surface area contributed by atoms with Gasteiger partial charge in [0.25, 0.3) is 0 Å². The molecule has 1 aromatic rings. The van der Waals surface area contributed by atoms with Crippen molar-refractivity contribution in [1.82, 2.24) is 0 Å². The van der Waals surface area contributed by atoms with Crippen LogP contribution in [0.1, 0.15) is 19.8 Å². The molecule has 0 N–H and O–H groups in total. The van der Waals surface area contributed by atoms with Crippen LogP contribution in [0.15, 0.2) is 12.1 Å². The second-order valence-corrected chi connectivity index (χ2v) is 4.90. The van der Waals surface area contributed by atoms with Crippen molar-refractivity contribution in [3.63, 3.8) is 0 Å².